The highest BCUT2D eigenvalue weighted by atomic mass is 79.9. The molecule has 9 heteroatoms. The molecular formula is C16H18BrF2N3O3. The van der Waals surface area contributed by atoms with Crippen LogP contribution in [0.3, 0.4) is 0 Å². The molecular weight excluding hydrogens is 400 g/mol. The van der Waals surface area contributed by atoms with Crippen LogP contribution in [0.5, 0.6) is 0 Å². The summed E-state index contributed by atoms with van der Waals surface area (Å²) in [4.78, 5) is 16.2. The molecule has 1 heterocycles. The van der Waals surface area contributed by atoms with Crippen LogP contribution >= 0.6 is 15.9 Å². The first kappa shape index (κ1) is 17.9. The van der Waals surface area contributed by atoms with E-state index < -0.39 is 41.6 Å². The maximum Gasteiger partial charge on any atom is 0.311 e. The Hall–Kier alpha value is -1.87. The number of halogens is 3. The number of carbonyl (C=O) groups excluding carboxylic acids is 1. The van der Waals surface area contributed by atoms with Gasteiger partial charge in [0.2, 0.25) is 4.73 Å². The maximum atomic E-state index is 13.5. The Kier molecular flexibility index (Phi) is 5.43. The average Bonchev–Trinajstić information content (AvgIpc) is 2.94. The van der Waals surface area contributed by atoms with Crippen LogP contribution in [0, 0.1) is 17.0 Å². The second-order valence-corrected chi connectivity index (χ2v) is 7.12. The van der Waals surface area contributed by atoms with Crippen molar-refractivity contribution in [2.45, 2.75) is 39.4 Å². The first-order chi connectivity index (χ1) is 11.9. The van der Waals surface area contributed by atoms with Gasteiger partial charge in [-0.1, -0.05) is 6.07 Å². The zero-order valence-corrected chi connectivity index (χ0v) is 15.4. The number of esters is 1. The van der Waals surface area contributed by atoms with Gasteiger partial charge in [0.15, 0.2) is 23.6 Å². The number of aromatic amines is 1. The molecule has 25 heavy (non-hydrogen) atoms. The molecule has 2 rings (SSSR count). The molecule has 1 aromatic heterocycles. The van der Waals surface area contributed by atoms with E-state index in [9.17, 15) is 18.7 Å². The summed E-state index contributed by atoms with van der Waals surface area (Å²) in [7, 11) is 0. The van der Waals surface area contributed by atoms with E-state index >= 15 is 0 Å². The second-order valence-electron chi connectivity index (χ2n) is 6.41. The minimum atomic E-state index is -2.36. The van der Waals surface area contributed by atoms with Crippen molar-refractivity contribution in [1.82, 2.24) is 15.2 Å². The van der Waals surface area contributed by atoms with E-state index in [0.29, 0.717) is 0 Å². The van der Waals surface area contributed by atoms with Gasteiger partial charge in [0.1, 0.15) is 0 Å². The van der Waals surface area contributed by atoms with Crippen molar-refractivity contribution in [2.75, 3.05) is 0 Å². The third-order valence-electron chi connectivity index (χ3n) is 3.27. The Bertz CT molecular complexity index is 808. The van der Waals surface area contributed by atoms with Gasteiger partial charge >= 0.3 is 5.97 Å². The largest absolute Gasteiger partial charge is 0.454 e. The van der Waals surface area contributed by atoms with Crippen molar-refractivity contribution in [3.8, 4) is 0 Å². The number of nitrogens with one attached hydrogen (secondary N) is 1. The van der Waals surface area contributed by atoms with E-state index in [1.165, 1.54) is 0 Å². The standard InChI is InChI=1S/C16H18BrF2N3O3/c1-16(2,3)14(24)25-12(13-20-15(17)22-21-13)7-11(23)8-4-5-9(18)10(19)6-8/h4-6,11-12,23H,7H2,1-3H3,(H,20,21,22)/t11-,12-/m1/s1/i11D. The number of hydrogen-bond acceptors (Lipinski definition) is 5. The van der Waals surface area contributed by atoms with Gasteiger partial charge in [0.25, 0.3) is 0 Å². The van der Waals surface area contributed by atoms with E-state index in [1.54, 1.807) is 20.8 Å². The van der Waals surface area contributed by atoms with E-state index in [4.69, 9.17) is 6.11 Å². The van der Waals surface area contributed by atoms with Crippen LogP contribution in [0.4, 0.5) is 8.78 Å². The van der Waals surface area contributed by atoms with Crippen LogP contribution in [-0.4, -0.2) is 26.3 Å². The fraction of sp³-hybridized carbons (Fsp3) is 0.438. The van der Waals surface area contributed by atoms with Crippen molar-refractivity contribution < 1.29 is 24.8 Å². The predicted molar refractivity (Wildman–Crippen MR) is 88.3 cm³/mol. The molecule has 6 nitrogen and oxygen atoms in total. The summed E-state index contributed by atoms with van der Waals surface area (Å²) in [5.74, 6) is -2.78. The highest BCUT2D eigenvalue weighted by molar-refractivity contribution is 9.10. The molecule has 0 saturated heterocycles. The Morgan fingerprint density at radius 2 is 2.12 bits per heavy atom. The van der Waals surface area contributed by atoms with Crippen LogP contribution < -0.4 is 0 Å². The monoisotopic (exact) mass is 418 g/mol. The summed E-state index contributed by atoms with van der Waals surface area (Å²) in [6, 6.07) is 2.62. The number of hydrogen-bond donors (Lipinski definition) is 2. The number of carbonyl (C=O) groups is 1. The molecule has 0 spiro atoms. The van der Waals surface area contributed by atoms with E-state index in [1.807, 2.05) is 0 Å². The highest BCUT2D eigenvalue weighted by Crippen LogP contribution is 2.31. The summed E-state index contributed by atoms with van der Waals surface area (Å²) in [6.45, 7) is 4.93. The van der Waals surface area contributed by atoms with Crippen LogP contribution in [0.25, 0.3) is 0 Å². The summed E-state index contributed by atoms with van der Waals surface area (Å²) in [6.07, 6.45) is -3.99. The van der Waals surface area contributed by atoms with Gasteiger partial charge in [-0.3, -0.25) is 9.89 Å². The van der Waals surface area contributed by atoms with Crippen LogP contribution in [0.1, 0.15) is 52.1 Å². The molecule has 0 aliphatic heterocycles. The van der Waals surface area contributed by atoms with E-state index in [0.717, 1.165) is 18.2 Å². The number of aliphatic hydroxyl groups is 1. The fourth-order valence-electron chi connectivity index (χ4n) is 1.87. The summed E-state index contributed by atoms with van der Waals surface area (Å²) < 4.78 is 40.3. The summed E-state index contributed by atoms with van der Waals surface area (Å²) in [5.41, 5.74) is -1.02. The molecule has 0 fully saturated rings. The topological polar surface area (TPSA) is 88.1 Å². The number of aromatic nitrogens is 3. The Labute approximate surface area is 153 Å². The lowest BCUT2D eigenvalue weighted by Gasteiger charge is -2.23. The average molecular weight is 419 g/mol. The molecule has 0 aliphatic rings. The lowest BCUT2D eigenvalue weighted by atomic mass is 9.97. The molecule has 0 saturated carbocycles. The first-order valence-corrected chi connectivity index (χ1v) is 8.16. The van der Waals surface area contributed by atoms with Gasteiger partial charge in [0.05, 0.1) is 12.9 Å². The number of rotatable bonds is 5. The van der Waals surface area contributed by atoms with E-state index in [2.05, 4.69) is 31.1 Å². The Morgan fingerprint density at radius 3 is 2.64 bits per heavy atom. The molecule has 1 aromatic carbocycles. The molecule has 0 aliphatic carbocycles. The lowest BCUT2D eigenvalue weighted by Crippen LogP contribution is -2.26. The minimum absolute atomic E-state index is 0.0998. The third kappa shape index (κ3) is 5.05. The minimum Gasteiger partial charge on any atom is -0.454 e. The SMILES string of the molecule is [2H][C@@](O)(C[C@@H](OC(=O)C(C)(C)C)c1nc(Br)n[nH]1)c1ccc(F)c(F)c1. The molecule has 0 unspecified atom stereocenters. The van der Waals surface area contributed by atoms with Gasteiger partial charge in [0, 0.05) is 6.42 Å². The van der Waals surface area contributed by atoms with Gasteiger partial charge in [-0.25, -0.2) is 13.8 Å². The Balaban J connectivity index is 2.32. The lowest BCUT2D eigenvalue weighted by molar-refractivity contribution is -0.161. The number of H-pyrrole nitrogens is 1. The van der Waals surface area contributed by atoms with Crippen LogP contribution in [-0.2, 0) is 9.53 Å². The van der Waals surface area contributed by atoms with Crippen LogP contribution in [0.2, 0.25) is 0 Å². The summed E-state index contributed by atoms with van der Waals surface area (Å²) >= 11 is 3.05. The predicted octanol–water partition coefficient (Wildman–Crippen LogP) is 3.60. The van der Waals surface area contributed by atoms with Crippen molar-refractivity contribution >= 4 is 21.9 Å². The van der Waals surface area contributed by atoms with Gasteiger partial charge in [-0.15, -0.1) is 5.10 Å². The highest BCUT2D eigenvalue weighted by Gasteiger charge is 2.30. The zero-order valence-electron chi connectivity index (χ0n) is 14.8. The quantitative estimate of drug-likeness (QED) is 0.724. The van der Waals surface area contributed by atoms with Crippen molar-refractivity contribution in [3.63, 3.8) is 0 Å². The van der Waals surface area contributed by atoms with Gasteiger partial charge < -0.3 is 9.84 Å². The Morgan fingerprint density at radius 1 is 1.44 bits per heavy atom. The van der Waals surface area contributed by atoms with Crippen molar-refractivity contribution in [3.05, 3.63) is 46.0 Å². The third-order valence-corrected chi connectivity index (χ3v) is 3.63. The van der Waals surface area contributed by atoms with E-state index in [-0.39, 0.29) is 16.1 Å². The smallest absolute Gasteiger partial charge is 0.311 e. The first-order valence-electron chi connectivity index (χ1n) is 7.87. The molecule has 0 bridgehead atoms. The van der Waals surface area contributed by atoms with Crippen molar-refractivity contribution in [1.29, 1.82) is 0 Å². The zero-order chi connectivity index (χ0) is 19.7. The molecule has 0 radical (unpaired) electrons. The number of benzene rings is 1. The number of ether oxygens (including phenoxy) is 1. The second kappa shape index (κ2) is 7.57. The normalized spacial score (nSPS) is 16.0. The van der Waals surface area contributed by atoms with Gasteiger partial charge in [-0.05, 0) is 54.4 Å². The molecule has 136 valence electrons. The fourth-order valence-corrected chi connectivity index (χ4v) is 2.15. The molecule has 2 aromatic rings. The van der Waals surface area contributed by atoms with Crippen LogP contribution in [0.15, 0.2) is 22.9 Å². The number of nitrogens with zero attached hydrogens (tertiary/aromatic N) is 2. The molecule has 2 N–H and O–H groups in total. The van der Waals surface area contributed by atoms with Crippen molar-refractivity contribution in [2.24, 2.45) is 5.41 Å². The summed E-state index contributed by atoms with van der Waals surface area (Å²) in [5, 5.41) is 16.8. The molecule has 0 amide bonds. The maximum absolute atomic E-state index is 13.5. The molecule has 2 atom stereocenters. The van der Waals surface area contributed by atoms with Gasteiger partial charge in [-0.2, -0.15) is 0 Å².